The van der Waals surface area contributed by atoms with Crippen LogP contribution in [0.15, 0.2) is 48.5 Å². The number of ether oxygens (including phenoxy) is 1. The highest BCUT2D eigenvalue weighted by Crippen LogP contribution is 2.33. The van der Waals surface area contributed by atoms with Crippen molar-refractivity contribution >= 4 is 11.4 Å². The van der Waals surface area contributed by atoms with Crippen LogP contribution >= 0.6 is 0 Å². The minimum Gasteiger partial charge on any atom is -0.453 e. The van der Waals surface area contributed by atoms with E-state index >= 15 is 0 Å². The molecule has 0 aliphatic heterocycles. The van der Waals surface area contributed by atoms with E-state index in [4.69, 9.17) is 14.9 Å². The van der Waals surface area contributed by atoms with E-state index in [-0.39, 0.29) is 13.2 Å². The maximum absolute atomic E-state index is 8.91. The lowest BCUT2D eigenvalue weighted by Crippen LogP contribution is -2.08. The van der Waals surface area contributed by atoms with Crippen molar-refractivity contribution in [2.24, 2.45) is 0 Å². The molecule has 0 spiro atoms. The van der Waals surface area contributed by atoms with Crippen LogP contribution < -0.4 is 15.4 Å². The first-order valence-electron chi connectivity index (χ1n) is 6.90. The molecule has 0 bridgehead atoms. The third kappa shape index (κ3) is 4.37. The Kier molecular flexibility index (Phi) is 5.87. The first-order valence-corrected chi connectivity index (χ1v) is 6.90. The fraction of sp³-hybridized carbons (Fsp3) is 0.250. The summed E-state index contributed by atoms with van der Waals surface area (Å²) in [5.74, 6) is 1.37. The molecule has 0 aliphatic carbocycles. The molecule has 0 atom stereocenters. The molecule has 0 radical (unpaired) electrons. The number of aliphatic hydroxyl groups excluding tert-OH is 2. The van der Waals surface area contributed by atoms with Crippen LogP contribution in [0.25, 0.3) is 0 Å². The lowest BCUT2D eigenvalue weighted by molar-refractivity contribution is 0.311. The molecular formula is C16H20N2O3. The van der Waals surface area contributed by atoms with Gasteiger partial charge < -0.3 is 25.6 Å². The highest BCUT2D eigenvalue weighted by Gasteiger charge is 2.07. The highest BCUT2D eigenvalue weighted by molar-refractivity contribution is 5.62. The summed E-state index contributed by atoms with van der Waals surface area (Å²) in [6.45, 7) is 1.04. The van der Waals surface area contributed by atoms with Crippen molar-refractivity contribution in [3.63, 3.8) is 0 Å². The maximum atomic E-state index is 8.91. The van der Waals surface area contributed by atoms with Gasteiger partial charge in [-0.25, -0.2) is 0 Å². The quantitative estimate of drug-likeness (QED) is 0.600. The first kappa shape index (κ1) is 15.2. The molecule has 2 aromatic carbocycles. The standard InChI is InChI=1S/C16H20N2O3/c19-11-9-17-13-5-1-3-7-15(13)21-16-8-4-2-6-14(16)18-10-12-20/h1-8,17-20H,9-12H2. The van der Waals surface area contributed by atoms with Crippen molar-refractivity contribution in [2.45, 2.75) is 0 Å². The van der Waals surface area contributed by atoms with Gasteiger partial charge in [-0.15, -0.1) is 0 Å². The van der Waals surface area contributed by atoms with Gasteiger partial charge in [0.2, 0.25) is 0 Å². The summed E-state index contributed by atoms with van der Waals surface area (Å²) < 4.78 is 5.95. The fourth-order valence-corrected chi connectivity index (χ4v) is 1.90. The van der Waals surface area contributed by atoms with Gasteiger partial charge >= 0.3 is 0 Å². The molecule has 0 fully saturated rings. The van der Waals surface area contributed by atoms with Crippen LogP contribution in [0, 0.1) is 0 Å². The molecule has 0 heterocycles. The van der Waals surface area contributed by atoms with Gasteiger partial charge in [-0.05, 0) is 24.3 Å². The van der Waals surface area contributed by atoms with E-state index in [1.165, 1.54) is 0 Å². The van der Waals surface area contributed by atoms with Crippen molar-refractivity contribution in [2.75, 3.05) is 36.9 Å². The van der Waals surface area contributed by atoms with Gasteiger partial charge in [0.25, 0.3) is 0 Å². The third-order valence-electron chi connectivity index (χ3n) is 2.85. The minimum atomic E-state index is 0.0585. The van der Waals surface area contributed by atoms with Gasteiger partial charge in [-0.1, -0.05) is 24.3 Å². The molecule has 5 heteroatoms. The molecule has 0 aromatic heterocycles. The van der Waals surface area contributed by atoms with E-state index in [0.29, 0.717) is 24.6 Å². The van der Waals surface area contributed by atoms with Crippen LogP contribution in [0.2, 0.25) is 0 Å². The summed E-state index contributed by atoms with van der Waals surface area (Å²) in [5, 5.41) is 24.0. The number of hydrogen-bond donors (Lipinski definition) is 4. The van der Waals surface area contributed by atoms with E-state index in [0.717, 1.165) is 11.4 Å². The zero-order chi connectivity index (χ0) is 14.9. The maximum Gasteiger partial charge on any atom is 0.150 e. The summed E-state index contributed by atoms with van der Waals surface area (Å²) >= 11 is 0. The number of hydrogen-bond acceptors (Lipinski definition) is 5. The summed E-state index contributed by atoms with van der Waals surface area (Å²) in [5.41, 5.74) is 1.65. The molecule has 2 aromatic rings. The summed E-state index contributed by atoms with van der Waals surface area (Å²) in [4.78, 5) is 0. The van der Waals surface area contributed by atoms with Crippen molar-refractivity contribution in [3.8, 4) is 11.5 Å². The van der Waals surface area contributed by atoms with E-state index < -0.39 is 0 Å². The monoisotopic (exact) mass is 288 g/mol. The molecule has 112 valence electrons. The minimum absolute atomic E-state index is 0.0585. The lowest BCUT2D eigenvalue weighted by atomic mass is 10.2. The molecule has 2 rings (SSSR count). The number of anilines is 2. The van der Waals surface area contributed by atoms with E-state index in [1.807, 2.05) is 48.5 Å². The average molecular weight is 288 g/mol. The second-order valence-corrected chi connectivity index (χ2v) is 4.40. The molecule has 0 saturated carbocycles. The second kappa shape index (κ2) is 8.14. The fourth-order valence-electron chi connectivity index (χ4n) is 1.90. The van der Waals surface area contributed by atoms with Gasteiger partial charge in [-0.2, -0.15) is 0 Å². The predicted molar refractivity (Wildman–Crippen MR) is 84.1 cm³/mol. The molecule has 0 amide bonds. The number of nitrogens with one attached hydrogen (secondary N) is 2. The Labute approximate surface area is 124 Å². The van der Waals surface area contributed by atoms with E-state index in [2.05, 4.69) is 10.6 Å². The number of aliphatic hydroxyl groups is 2. The van der Waals surface area contributed by atoms with E-state index in [9.17, 15) is 0 Å². The lowest BCUT2D eigenvalue weighted by Gasteiger charge is -2.15. The first-order chi connectivity index (χ1) is 10.3. The van der Waals surface area contributed by atoms with Crippen LogP contribution in [0.5, 0.6) is 11.5 Å². The van der Waals surface area contributed by atoms with Gasteiger partial charge in [-0.3, -0.25) is 0 Å². The highest BCUT2D eigenvalue weighted by atomic mass is 16.5. The smallest absolute Gasteiger partial charge is 0.150 e. The molecule has 21 heavy (non-hydrogen) atoms. The van der Waals surface area contributed by atoms with Crippen LogP contribution in [0.3, 0.4) is 0 Å². The molecule has 0 unspecified atom stereocenters. The van der Waals surface area contributed by atoms with Crippen LogP contribution in [0.4, 0.5) is 11.4 Å². The van der Waals surface area contributed by atoms with Crippen LogP contribution in [-0.2, 0) is 0 Å². The van der Waals surface area contributed by atoms with Crippen LogP contribution in [0.1, 0.15) is 0 Å². The van der Waals surface area contributed by atoms with Crippen molar-refractivity contribution < 1.29 is 14.9 Å². The predicted octanol–water partition coefficient (Wildman–Crippen LogP) is 2.29. The number of para-hydroxylation sites is 4. The zero-order valence-electron chi connectivity index (χ0n) is 11.7. The van der Waals surface area contributed by atoms with Gasteiger partial charge in [0, 0.05) is 13.1 Å². The van der Waals surface area contributed by atoms with Crippen molar-refractivity contribution in [1.29, 1.82) is 0 Å². The average Bonchev–Trinajstić information content (AvgIpc) is 2.53. The summed E-state index contributed by atoms with van der Waals surface area (Å²) in [7, 11) is 0. The summed E-state index contributed by atoms with van der Waals surface area (Å²) in [6, 6.07) is 15.1. The molecular weight excluding hydrogens is 268 g/mol. The molecule has 0 saturated heterocycles. The SMILES string of the molecule is OCCNc1ccccc1Oc1ccccc1NCCO. The largest absolute Gasteiger partial charge is 0.453 e. The van der Waals surface area contributed by atoms with E-state index in [1.54, 1.807) is 0 Å². The number of benzene rings is 2. The molecule has 4 N–H and O–H groups in total. The second-order valence-electron chi connectivity index (χ2n) is 4.40. The third-order valence-corrected chi connectivity index (χ3v) is 2.85. The Morgan fingerprint density at radius 3 is 1.57 bits per heavy atom. The number of rotatable bonds is 8. The van der Waals surface area contributed by atoms with Gasteiger partial charge in [0.05, 0.1) is 24.6 Å². The van der Waals surface area contributed by atoms with Crippen molar-refractivity contribution in [3.05, 3.63) is 48.5 Å². The van der Waals surface area contributed by atoms with Gasteiger partial charge in [0.1, 0.15) is 0 Å². The Hall–Kier alpha value is -2.24. The normalized spacial score (nSPS) is 10.2. The Morgan fingerprint density at radius 1 is 0.714 bits per heavy atom. The molecule has 5 nitrogen and oxygen atoms in total. The Morgan fingerprint density at radius 2 is 1.14 bits per heavy atom. The van der Waals surface area contributed by atoms with Crippen LogP contribution in [-0.4, -0.2) is 36.5 Å². The Bertz CT molecular complexity index is 511. The molecule has 0 aliphatic rings. The Balaban J connectivity index is 2.18. The van der Waals surface area contributed by atoms with Gasteiger partial charge in [0.15, 0.2) is 11.5 Å². The summed E-state index contributed by atoms with van der Waals surface area (Å²) in [6.07, 6.45) is 0. The van der Waals surface area contributed by atoms with Crippen molar-refractivity contribution in [1.82, 2.24) is 0 Å². The zero-order valence-corrected chi connectivity index (χ0v) is 11.7. The topological polar surface area (TPSA) is 73.8 Å².